The van der Waals surface area contributed by atoms with Gasteiger partial charge in [-0.15, -0.1) is 0 Å². The molecule has 1 aliphatic rings. The second-order valence-electron chi connectivity index (χ2n) is 6.50. The largest absolute Gasteiger partial charge is 0.357 e. The summed E-state index contributed by atoms with van der Waals surface area (Å²) in [5.74, 6) is 1.63. The molecule has 0 heterocycles. The van der Waals surface area contributed by atoms with Crippen molar-refractivity contribution in [3.63, 3.8) is 0 Å². The average molecular weight is 316 g/mol. The Kier molecular flexibility index (Phi) is 6.02. The van der Waals surface area contributed by atoms with Crippen LogP contribution in [0.15, 0.2) is 29.3 Å². The minimum Gasteiger partial charge on any atom is -0.357 e. The third kappa shape index (κ3) is 5.58. The molecular formula is C18H28N4O. The first-order valence-corrected chi connectivity index (χ1v) is 8.44. The van der Waals surface area contributed by atoms with Gasteiger partial charge in [0.2, 0.25) is 5.91 Å². The Hall–Kier alpha value is -2.04. The first kappa shape index (κ1) is 17.3. The molecule has 23 heavy (non-hydrogen) atoms. The highest BCUT2D eigenvalue weighted by Gasteiger charge is 2.33. The van der Waals surface area contributed by atoms with Crippen molar-refractivity contribution in [3.05, 3.63) is 29.8 Å². The van der Waals surface area contributed by atoms with Crippen LogP contribution in [-0.4, -0.2) is 24.5 Å². The molecule has 0 bridgehead atoms. The number of anilines is 1. The molecule has 0 saturated heterocycles. The number of rotatable bonds is 6. The lowest BCUT2D eigenvalue weighted by Crippen LogP contribution is -2.39. The summed E-state index contributed by atoms with van der Waals surface area (Å²) in [6, 6.07) is 8.41. The normalized spacial score (nSPS) is 20.3. The van der Waals surface area contributed by atoms with Crippen LogP contribution in [0.1, 0.15) is 39.7 Å². The molecule has 1 amide bonds. The number of amides is 1. The Morgan fingerprint density at radius 2 is 1.96 bits per heavy atom. The van der Waals surface area contributed by atoms with E-state index in [0.717, 1.165) is 29.7 Å². The van der Waals surface area contributed by atoms with Gasteiger partial charge in [0.15, 0.2) is 5.96 Å². The van der Waals surface area contributed by atoms with E-state index in [0.29, 0.717) is 12.6 Å². The zero-order chi connectivity index (χ0) is 16.8. The maximum Gasteiger partial charge on any atom is 0.226 e. The summed E-state index contributed by atoms with van der Waals surface area (Å²) in [5.41, 5.74) is 1.95. The molecule has 5 nitrogen and oxygen atoms in total. The number of carbonyl (C=O) groups is 1. The molecule has 1 aromatic carbocycles. The van der Waals surface area contributed by atoms with Crippen LogP contribution in [0.5, 0.6) is 0 Å². The number of hydrogen-bond acceptors (Lipinski definition) is 2. The predicted molar refractivity (Wildman–Crippen MR) is 95.4 cm³/mol. The van der Waals surface area contributed by atoms with E-state index in [1.165, 1.54) is 6.42 Å². The van der Waals surface area contributed by atoms with Gasteiger partial charge in [-0.3, -0.25) is 4.79 Å². The standard InChI is InChI=1S/C18H28N4O/c1-5-19-18(22-16-10-13(16)4)20-11-14-6-8-15(9-7-14)21-17(23)12(2)3/h6-9,12-13,16H,5,10-11H2,1-4H3,(H,21,23)(H2,19,20,22). The Bertz CT molecular complexity index is 551. The molecular weight excluding hydrogens is 288 g/mol. The molecule has 3 N–H and O–H groups in total. The Labute approximate surface area is 139 Å². The number of carbonyl (C=O) groups excluding carboxylic acids is 1. The summed E-state index contributed by atoms with van der Waals surface area (Å²) < 4.78 is 0. The van der Waals surface area contributed by atoms with Crippen LogP contribution in [0.25, 0.3) is 0 Å². The Morgan fingerprint density at radius 3 is 2.48 bits per heavy atom. The number of benzene rings is 1. The molecule has 5 heteroatoms. The summed E-state index contributed by atoms with van der Waals surface area (Å²) in [4.78, 5) is 16.3. The molecule has 0 aromatic heterocycles. The van der Waals surface area contributed by atoms with Crippen molar-refractivity contribution in [1.29, 1.82) is 0 Å². The molecule has 1 fully saturated rings. The number of nitrogens with zero attached hydrogens (tertiary/aromatic N) is 1. The minimum atomic E-state index is -0.0159. The molecule has 0 radical (unpaired) electrons. The van der Waals surface area contributed by atoms with E-state index in [4.69, 9.17) is 0 Å². The van der Waals surface area contributed by atoms with Gasteiger partial charge in [-0.1, -0.05) is 32.9 Å². The third-order valence-electron chi connectivity index (χ3n) is 3.94. The summed E-state index contributed by atoms with van der Waals surface area (Å²) in [6.45, 7) is 9.55. The lowest BCUT2D eigenvalue weighted by molar-refractivity contribution is -0.118. The molecule has 1 saturated carbocycles. The fourth-order valence-electron chi connectivity index (χ4n) is 2.17. The summed E-state index contributed by atoms with van der Waals surface area (Å²) in [5, 5.41) is 9.61. The van der Waals surface area contributed by atoms with Gasteiger partial charge in [0.25, 0.3) is 0 Å². The monoisotopic (exact) mass is 316 g/mol. The van der Waals surface area contributed by atoms with Crippen LogP contribution in [-0.2, 0) is 11.3 Å². The van der Waals surface area contributed by atoms with Crippen molar-refractivity contribution in [2.45, 2.75) is 46.7 Å². The molecule has 126 valence electrons. The molecule has 1 aliphatic carbocycles. The van der Waals surface area contributed by atoms with Crippen LogP contribution in [0.3, 0.4) is 0 Å². The lowest BCUT2D eigenvalue weighted by atomic mass is 10.2. The van der Waals surface area contributed by atoms with Crippen LogP contribution < -0.4 is 16.0 Å². The van der Waals surface area contributed by atoms with Gasteiger partial charge >= 0.3 is 0 Å². The zero-order valence-corrected chi connectivity index (χ0v) is 14.5. The van der Waals surface area contributed by atoms with Crippen molar-refractivity contribution >= 4 is 17.6 Å². The highest BCUT2D eigenvalue weighted by atomic mass is 16.1. The fraction of sp³-hybridized carbons (Fsp3) is 0.556. The van der Waals surface area contributed by atoms with E-state index in [2.05, 4.69) is 34.8 Å². The summed E-state index contributed by atoms with van der Waals surface area (Å²) >= 11 is 0. The van der Waals surface area contributed by atoms with E-state index in [1.807, 2.05) is 38.1 Å². The van der Waals surface area contributed by atoms with Gasteiger partial charge in [-0.05, 0) is 37.0 Å². The van der Waals surface area contributed by atoms with Gasteiger partial charge < -0.3 is 16.0 Å². The van der Waals surface area contributed by atoms with Crippen LogP contribution in [0.2, 0.25) is 0 Å². The van der Waals surface area contributed by atoms with Crippen molar-refractivity contribution in [3.8, 4) is 0 Å². The van der Waals surface area contributed by atoms with Crippen LogP contribution in [0.4, 0.5) is 5.69 Å². The van der Waals surface area contributed by atoms with Crippen LogP contribution >= 0.6 is 0 Å². The van der Waals surface area contributed by atoms with Gasteiger partial charge in [0, 0.05) is 24.2 Å². The number of hydrogen-bond donors (Lipinski definition) is 3. The first-order valence-electron chi connectivity index (χ1n) is 8.44. The van der Waals surface area contributed by atoms with Gasteiger partial charge in [-0.25, -0.2) is 4.99 Å². The Balaban J connectivity index is 1.90. The predicted octanol–water partition coefficient (Wildman–Crippen LogP) is 2.74. The minimum absolute atomic E-state index is 0.0159. The second-order valence-corrected chi connectivity index (χ2v) is 6.50. The maximum absolute atomic E-state index is 11.7. The van der Waals surface area contributed by atoms with Crippen molar-refractivity contribution < 1.29 is 4.79 Å². The highest BCUT2D eigenvalue weighted by molar-refractivity contribution is 5.92. The molecule has 1 aromatic rings. The number of nitrogens with one attached hydrogen (secondary N) is 3. The van der Waals surface area contributed by atoms with E-state index in [9.17, 15) is 4.79 Å². The highest BCUT2D eigenvalue weighted by Crippen LogP contribution is 2.28. The average Bonchev–Trinajstić information content (AvgIpc) is 3.21. The van der Waals surface area contributed by atoms with Crippen molar-refractivity contribution in [2.75, 3.05) is 11.9 Å². The quantitative estimate of drug-likeness (QED) is 0.558. The van der Waals surface area contributed by atoms with Crippen molar-refractivity contribution in [2.24, 2.45) is 16.8 Å². The topological polar surface area (TPSA) is 65.5 Å². The maximum atomic E-state index is 11.7. The SMILES string of the molecule is CCNC(=NCc1ccc(NC(=O)C(C)C)cc1)NC1CC1C. The summed E-state index contributed by atoms with van der Waals surface area (Å²) in [6.07, 6.45) is 1.22. The van der Waals surface area contributed by atoms with Gasteiger partial charge in [0.1, 0.15) is 0 Å². The van der Waals surface area contributed by atoms with Gasteiger partial charge in [0.05, 0.1) is 6.54 Å². The van der Waals surface area contributed by atoms with Crippen LogP contribution in [0, 0.1) is 11.8 Å². The molecule has 2 unspecified atom stereocenters. The lowest BCUT2D eigenvalue weighted by Gasteiger charge is -2.11. The molecule has 0 spiro atoms. The molecule has 2 atom stereocenters. The second kappa shape index (κ2) is 7.99. The third-order valence-corrected chi connectivity index (χ3v) is 3.94. The van der Waals surface area contributed by atoms with Crippen molar-refractivity contribution in [1.82, 2.24) is 10.6 Å². The fourth-order valence-corrected chi connectivity index (χ4v) is 2.17. The zero-order valence-electron chi connectivity index (χ0n) is 14.5. The van der Waals surface area contributed by atoms with E-state index in [1.54, 1.807) is 0 Å². The van der Waals surface area contributed by atoms with E-state index >= 15 is 0 Å². The molecule has 2 rings (SSSR count). The summed E-state index contributed by atoms with van der Waals surface area (Å²) in [7, 11) is 0. The number of aliphatic imine (C=N–C) groups is 1. The number of guanidine groups is 1. The smallest absolute Gasteiger partial charge is 0.226 e. The van der Waals surface area contributed by atoms with E-state index in [-0.39, 0.29) is 11.8 Å². The molecule has 0 aliphatic heterocycles. The first-order chi connectivity index (χ1) is 11.0. The Morgan fingerprint density at radius 1 is 1.30 bits per heavy atom. The van der Waals surface area contributed by atoms with E-state index < -0.39 is 0 Å². The van der Waals surface area contributed by atoms with Gasteiger partial charge in [-0.2, -0.15) is 0 Å².